The van der Waals surface area contributed by atoms with Crippen molar-refractivity contribution < 1.29 is 0 Å². The van der Waals surface area contributed by atoms with E-state index in [1.807, 2.05) is 0 Å². The summed E-state index contributed by atoms with van der Waals surface area (Å²) < 4.78 is 6.57. The molecule has 80 valence electrons. The lowest BCUT2D eigenvalue weighted by Gasteiger charge is -1.98. The van der Waals surface area contributed by atoms with Gasteiger partial charge in [-0.25, -0.2) is 9.48 Å². The number of aryl methyl sites for hydroxylation is 1. The van der Waals surface area contributed by atoms with Gasteiger partial charge >= 0.3 is 5.69 Å². The fraction of sp³-hybridized carbons (Fsp3) is 0.429. The Labute approximate surface area is 89.5 Å². The van der Waals surface area contributed by atoms with Gasteiger partial charge in [0.25, 0.3) is 0 Å². The first-order valence-corrected chi connectivity index (χ1v) is 5.07. The minimum atomic E-state index is -0.162. The van der Waals surface area contributed by atoms with Gasteiger partial charge in [0.05, 0.1) is 6.54 Å². The fourth-order valence-corrected chi connectivity index (χ4v) is 1.70. The van der Waals surface area contributed by atoms with Crippen molar-refractivity contribution in [2.75, 3.05) is 12.4 Å². The summed E-state index contributed by atoms with van der Waals surface area (Å²) in [7, 11) is 3.45. The quantitative estimate of drug-likeness (QED) is 0.765. The first-order valence-electron chi connectivity index (χ1n) is 4.30. The van der Waals surface area contributed by atoms with Crippen molar-refractivity contribution in [3.05, 3.63) is 22.5 Å². The number of nitrogens with zero attached hydrogens (tertiary/aromatic N) is 5. The van der Waals surface area contributed by atoms with Crippen LogP contribution in [0.1, 0.15) is 5.69 Å². The Hall–Kier alpha value is -1.70. The number of hydrogen-bond donors (Lipinski definition) is 1. The van der Waals surface area contributed by atoms with Crippen LogP contribution in [0.25, 0.3) is 0 Å². The third-order valence-corrected chi connectivity index (χ3v) is 2.75. The Morgan fingerprint density at radius 2 is 2.40 bits per heavy atom. The second-order valence-electron chi connectivity index (χ2n) is 2.98. The third-order valence-electron chi connectivity index (χ3n) is 1.97. The average Bonchev–Trinajstić information content (AvgIpc) is 2.80. The molecule has 1 N–H and O–H groups in total. The van der Waals surface area contributed by atoms with E-state index in [2.05, 4.69) is 20.0 Å². The molecule has 7 nitrogen and oxygen atoms in total. The molecular weight excluding hydrogens is 216 g/mol. The van der Waals surface area contributed by atoms with Crippen molar-refractivity contribution in [2.24, 2.45) is 7.05 Å². The van der Waals surface area contributed by atoms with Crippen molar-refractivity contribution in [3.8, 4) is 0 Å². The van der Waals surface area contributed by atoms with Gasteiger partial charge in [0.15, 0.2) is 0 Å². The Bertz CT molecular complexity index is 512. The fourth-order valence-electron chi connectivity index (χ4n) is 1.17. The van der Waals surface area contributed by atoms with E-state index < -0.39 is 0 Å². The molecule has 0 bridgehead atoms. The van der Waals surface area contributed by atoms with Gasteiger partial charge in [0.1, 0.15) is 17.0 Å². The monoisotopic (exact) mass is 226 g/mol. The Balaban J connectivity index is 2.29. The van der Waals surface area contributed by atoms with Gasteiger partial charge < -0.3 is 5.32 Å². The molecule has 0 spiro atoms. The number of rotatable bonds is 3. The molecule has 2 heterocycles. The second kappa shape index (κ2) is 3.81. The average molecular weight is 226 g/mol. The molecule has 0 aliphatic heterocycles. The van der Waals surface area contributed by atoms with Gasteiger partial charge in [-0.05, 0) is 0 Å². The van der Waals surface area contributed by atoms with Crippen LogP contribution < -0.4 is 11.0 Å². The highest BCUT2D eigenvalue weighted by Crippen LogP contribution is 2.16. The lowest BCUT2D eigenvalue weighted by Crippen LogP contribution is -2.23. The highest BCUT2D eigenvalue weighted by Gasteiger charge is 2.09. The van der Waals surface area contributed by atoms with E-state index in [0.717, 1.165) is 10.7 Å². The summed E-state index contributed by atoms with van der Waals surface area (Å²) in [4.78, 5) is 11.5. The van der Waals surface area contributed by atoms with Gasteiger partial charge in [0.2, 0.25) is 0 Å². The smallest absolute Gasteiger partial charge is 0.345 e. The summed E-state index contributed by atoms with van der Waals surface area (Å²) in [5, 5.41) is 11.7. The van der Waals surface area contributed by atoms with E-state index in [4.69, 9.17) is 0 Å². The normalized spacial score (nSPS) is 10.5. The molecule has 2 aromatic rings. The van der Waals surface area contributed by atoms with Crippen molar-refractivity contribution >= 4 is 16.5 Å². The Morgan fingerprint density at radius 3 is 3.00 bits per heavy atom. The van der Waals surface area contributed by atoms with E-state index in [9.17, 15) is 4.79 Å². The van der Waals surface area contributed by atoms with E-state index in [1.54, 1.807) is 14.1 Å². The number of nitrogens with one attached hydrogen (secondary N) is 1. The molecule has 0 amide bonds. The maximum absolute atomic E-state index is 11.5. The zero-order valence-corrected chi connectivity index (χ0v) is 9.15. The van der Waals surface area contributed by atoms with Crippen LogP contribution in [-0.4, -0.2) is 31.0 Å². The standard InChI is InChI=1S/C7H10N6OS/c1-8-6-5(10-11-15-6)3-13-7(14)12(2)4-9-13/h4,8H,3H2,1-2H3. The third kappa shape index (κ3) is 1.75. The predicted octanol–water partition coefficient (Wildman–Crippen LogP) is -0.477. The molecule has 0 aromatic carbocycles. The molecule has 0 aliphatic rings. The Morgan fingerprint density at radius 1 is 1.60 bits per heavy atom. The minimum Gasteiger partial charge on any atom is -0.377 e. The van der Waals surface area contributed by atoms with Crippen molar-refractivity contribution in [1.82, 2.24) is 23.9 Å². The largest absolute Gasteiger partial charge is 0.377 e. The lowest BCUT2D eigenvalue weighted by atomic mass is 10.4. The first-order chi connectivity index (χ1) is 7.22. The molecule has 0 atom stereocenters. The Kier molecular flexibility index (Phi) is 2.50. The van der Waals surface area contributed by atoms with Crippen LogP contribution in [0.5, 0.6) is 0 Å². The molecule has 0 unspecified atom stereocenters. The van der Waals surface area contributed by atoms with Gasteiger partial charge in [-0.1, -0.05) is 4.49 Å². The summed E-state index contributed by atoms with van der Waals surface area (Å²) in [5.74, 6) is 0. The van der Waals surface area contributed by atoms with Crippen LogP contribution in [0.3, 0.4) is 0 Å². The van der Waals surface area contributed by atoms with E-state index in [0.29, 0.717) is 6.54 Å². The predicted molar refractivity (Wildman–Crippen MR) is 56.0 cm³/mol. The zero-order valence-electron chi connectivity index (χ0n) is 8.34. The summed E-state index contributed by atoms with van der Waals surface area (Å²) >= 11 is 1.26. The molecule has 0 saturated heterocycles. The maximum Gasteiger partial charge on any atom is 0.345 e. The van der Waals surface area contributed by atoms with Crippen molar-refractivity contribution in [1.29, 1.82) is 0 Å². The van der Waals surface area contributed by atoms with Crippen LogP contribution in [0.15, 0.2) is 11.1 Å². The summed E-state index contributed by atoms with van der Waals surface area (Å²) in [6.45, 7) is 0.340. The number of anilines is 1. The van der Waals surface area contributed by atoms with Crippen LogP contribution in [-0.2, 0) is 13.6 Å². The summed E-state index contributed by atoms with van der Waals surface area (Å²) in [6.07, 6.45) is 1.47. The maximum atomic E-state index is 11.5. The topological polar surface area (TPSA) is 77.6 Å². The molecule has 0 aliphatic carbocycles. The molecule has 0 saturated carbocycles. The lowest BCUT2D eigenvalue weighted by molar-refractivity contribution is 0.635. The summed E-state index contributed by atoms with van der Waals surface area (Å²) in [6, 6.07) is 0. The van der Waals surface area contributed by atoms with Crippen molar-refractivity contribution in [3.63, 3.8) is 0 Å². The molecular formula is C7H10N6OS. The zero-order chi connectivity index (χ0) is 10.8. The van der Waals surface area contributed by atoms with Crippen molar-refractivity contribution in [2.45, 2.75) is 6.54 Å². The summed E-state index contributed by atoms with van der Waals surface area (Å²) in [5.41, 5.74) is 0.563. The van der Waals surface area contributed by atoms with E-state index in [-0.39, 0.29) is 5.69 Å². The number of hydrogen-bond acceptors (Lipinski definition) is 6. The van der Waals surface area contributed by atoms with Gasteiger partial charge in [-0.15, -0.1) is 5.10 Å². The molecule has 8 heteroatoms. The molecule has 2 rings (SSSR count). The van der Waals surface area contributed by atoms with Crippen LogP contribution in [0.2, 0.25) is 0 Å². The van der Waals surface area contributed by atoms with Gasteiger partial charge in [-0.3, -0.25) is 4.57 Å². The molecule has 0 fully saturated rings. The van der Waals surface area contributed by atoms with Gasteiger partial charge in [0, 0.05) is 25.6 Å². The highest BCUT2D eigenvalue weighted by atomic mass is 32.1. The SMILES string of the molecule is CNc1snnc1Cn1ncn(C)c1=O. The molecule has 2 aromatic heterocycles. The highest BCUT2D eigenvalue weighted by molar-refractivity contribution is 7.10. The second-order valence-corrected chi connectivity index (χ2v) is 3.73. The van der Waals surface area contributed by atoms with Gasteiger partial charge in [-0.2, -0.15) is 5.10 Å². The molecule has 15 heavy (non-hydrogen) atoms. The van der Waals surface area contributed by atoms with Crippen LogP contribution in [0.4, 0.5) is 5.00 Å². The first kappa shape index (κ1) is 9.84. The van der Waals surface area contributed by atoms with E-state index >= 15 is 0 Å². The minimum absolute atomic E-state index is 0.162. The molecule has 0 radical (unpaired) electrons. The van der Waals surface area contributed by atoms with Crippen LogP contribution >= 0.6 is 11.5 Å². The van der Waals surface area contributed by atoms with Crippen LogP contribution in [0, 0.1) is 0 Å². The van der Waals surface area contributed by atoms with E-state index in [1.165, 1.54) is 27.1 Å². The number of aromatic nitrogens is 5.